The third-order valence-corrected chi connectivity index (χ3v) is 1.93. The summed E-state index contributed by atoms with van der Waals surface area (Å²) < 4.78 is 4.97. The molecular formula is C7H13NO3. The first-order valence-electron chi connectivity index (χ1n) is 3.60. The molecule has 0 aromatic rings. The third kappa shape index (κ3) is 1.91. The first-order valence-corrected chi connectivity index (χ1v) is 3.60. The predicted octanol–water partition coefficient (Wildman–Crippen LogP) is -0.175. The predicted molar refractivity (Wildman–Crippen MR) is 39.2 cm³/mol. The highest BCUT2D eigenvalue weighted by Crippen LogP contribution is 2.31. The molecule has 4 nitrogen and oxygen atoms in total. The van der Waals surface area contributed by atoms with Crippen LogP contribution in [0.2, 0.25) is 0 Å². The molecule has 64 valence electrons. The van der Waals surface area contributed by atoms with E-state index in [0.29, 0.717) is 19.6 Å². The average molecular weight is 159 g/mol. The summed E-state index contributed by atoms with van der Waals surface area (Å²) in [4.78, 5) is 10.4. The Bertz CT molecular complexity index is 165. The van der Waals surface area contributed by atoms with Gasteiger partial charge in [-0.25, -0.2) is 0 Å². The first kappa shape index (κ1) is 8.49. The number of aliphatic carboxylic acids is 1. The van der Waals surface area contributed by atoms with Gasteiger partial charge in [0.2, 0.25) is 0 Å². The number of carboxylic acids is 1. The molecule has 1 aliphatic heterocycles. The lowest BCUT2D eigenvalue weighted by molar-refractivity contribution is -0.144. The highest BCUT2D eigenvalue weighted by atomic mass is 16.5. The molecule has 0 bridgehead atoms. The standard InChI is InChI=1S/C7H13NO3/c1-7(3-11-4-7)2-5(8)6(9)10/h5H,2-4,8H2,1H3,(H,9,10). The Morgan fingerprint density at radius 2 is 2.36 bits per heavy atom. The van der Waals surface area contributed by atoms with Crippen LogP contribution in [-0.4, -0.2) is 30.3 Å². The average Bonchev–Trinajstić information content (AvgIpc) is 1.84. The lowest BCUT2D eigenvalue weighted by atomic mass is 9.82. The van der Waals surface area contributed by atoms with Crippen molar-refractivity contribution in [2.24, 2.45) is 11.1 Å². The molecule has 1 rings (SSSR count). The zero-order chi connectivity index (χ0) is 8.48. The van der Waals surface area contributed by atoms with Gasteiger partial charge in [-0.2, -0.15) is 0 Å². The maximum atomic E-state index is 10.4. The Morgan fingerprint density at radius 1 is 1.82 bits per heavy atom. The van der Waals surface area contributed by atoms with Gasteiger partial charge in [-0.05, 0) is 6.42 Å². The molecule has 0 aromatic carbocycles. The second kappa shape index (κ2) is 2.79. The summed E-state index contributed by atoms with van der Waals surface area (Å²) in [5.74, 6) is -0.932. The quantitative estimate of drug-likeness (QED) is 0.599. The Hall–Kier alpha value is -0.610. The van der Waals surface area contributed by atoms with E-state index in [1.807, 2.05) is 6.92 Å². The minimum Gasteiger partial charge on any atom is -0.480 e. The van der Waals surface area contributed by atoms with E-state index in [-0.39, 0.29) is 5.41 Å². The van der Waals surface area contributed by atoms with Gasteiger partial charge < -0.3 is 15.6 Å². The molecule has 0 radical (unpaired) electrons. The van der Waals surface area contributed by atoms with Crippen molar-refractivity contribution in [1.82, 2.24) is 0 Å². The number of nitrogens with two attached hydrogens (primary N) is 1. The number of rotatable bonds is 3. The fourth-order valence-electron chi connectivity index (χ4n) is 1.19. The normalized spacial score (nSPS) is 23.8. The van der Waals surface area contributed by atoms with Crippen LogP contribution >= 0.6 is 0 Å². The van der Waals surface area contributed by atoms with Crippen LogP contribution in [-0.2, 0) is 9.53 Å². The van der Waals surface area contributed by atoms with Gasteiger partial charge in [-0.3, -0.25) is 4.79 Å². The van der Waals surface area contributed by atoms with E-state index in [4.69, 9.17) is 15.6 Å². The molecule has 11 heavy (non-hydrogen) atoms. The van der Waals surface area contributed by atoms with E-state index in [1.54, 1.807) is 0 Å². The summed E-state index contributed by atoms with van der Waals surface area (Å²) in [6.45, 7) is 3.25. The molecule has 0 amide bonds. The lowest BCUT2D eigenvalue weighted by Gasteiger charge is -2.38. The van der Waals surface area contributed by atoms with Crippen molar-refractivity contribution in [2.45, 2.75) is 19.4 Å². The van der Waals surface area contributed by atoms with E-state index in [9.17, 15) is 4.79 Å². The van der Waals surface area contributed by atoms with Crippen LogP contribution in [0.1, 0.15) is 13.3 Å². The van der Waals surface area contributed by atoms with Crippen molar-refractivity contribution < 1.29 is 14.6 Å². The van der Waals surface area contributed by atoms with Gasteiger partial charge in [0.25, 0.3) is 0 Å². The number of hydrogen-bond acceptors (Lipinski definition) is 3. The van der Waals surface area contributed by atoms with Crippen molar-refractivity contribution in [3.8, 4) is 0 Å². The second-order valence-corrected chi connectivity index (χ2v) is 3.45. The summed E-state index contributed by atoms with van der Waals surface area (Å²) in [5, 5.41) is 8.50. The molecule has 1 fully saturated rings. The van der Waals surface area contributed by atoms with Crippen molar-refractivity contribution in [3.05, 3.63) is 0 Å². The molecule has 0 saturated carbocycles. The molecule has 1 heterocycles. The molecule has 3 N–H and O–H groups in total. The van der Waals surface area contributed by atoms with Gasteiger partial charge in [-0.15, -0.1) is 0 Å². The molecule has 1 atom stereocenters. The molecule has 0 aliphatic carbocycles. The zero-order valence-electron chi connectivity index (χ0n) is 6.54. The molecule has 1 saturated heterocycles. The van der Waals surface area contributed by atoms with Gasteiger partial charge in [0.1, 0.15) is 6.04 Å². The largest absolute Gasteiger partial charge is 0.480 e. The fraction of sp³-hybridized carbons (Fsp3) is 0.857. The third-order valence-electron chi connectivity index (χ3n) is 1.93. The summed E-state index contributed by atoms with van der Waals surface area (Å²) in [5.41, 5.74) is 5.35. The monoisotopic (exact) mass is 159 g/mol. The van der Waals surface area contributed by atoms with Gasteiger partial charge in [0, 0.05) is 5.41 Å². The zero-order valence-corrected chi connectivity index (χ0v) is 6.54. The van der Waals surface area contributed by atoms with E-state index in [0.717, 1.165) is 0 Å². The highest BCUT2D eigenvalue weighted by molar-refractivity contribution is 5.73. The smallest absolute Gasteiger partial charge is 0.320 e. The Balaban J connectivity index is 2.35. The first-order chi connectivity index (χ1) is 5.03. The van der Waals surface area contributed by atoms with Crippen LogP contribution in [0, 0.1) is 5.41 Å². The topological polar surface area (TPSA) is 72.6 Å². The van der Waals surface area contributed by atoms with E-state index >= 15 is 0 Å². The van der Waals surface area contributed by atoms with Gasteiger partial charge in [0.05, 0.1) is 13.2 Å². The van der Waals surface area contributed by atoms with E-state index < -0.39 is 12.0 Å². The van der Waals surface area contributed by atoms with Crippen molar-refractivity contribution >= 4 is 5.97 Å². The lowest BCUT2D eigenvalue weighted by Crippen LogP contribution is -2.46. The number of carbonyl (C=O) groups is 1. The summed E-state index contributed by atoms with van der Waals surface area (Å²) >= 11 is 0. The molecule has 1 unspecified atom stereocenters. The van der Waals surface area contributed by atoms with Gasteiger partial charge in [-0.1, -0.05) is 6.92 Å². The summed E-state index contributed by atoms with van der Waals surface area (Å²) in [6.07, 6.45) is 0.502. The minimum atomic E-state index is -0.932. The summed E-state index contributed by atoms with van der Waals surface area (Å²) in [7, 11) is 0. The SMILES string of the molecule is CC1(CC(N)C(=O)O)COC1. The van der Waals surface area contributed by atoms with Crippen molar-refractivity contribution in [1.29, 1.82) is 0 Å². The van der Waals surface area contributed by atoms with Gasteiger partial charge >= 0.3 is 5.97 Å². The minimum absolute atomic E-state index is 0.00218. The molecule has 0 aromatic heterocycles. The number of hydrogen-bond donors (Lipinski definition) is 2. The number of carboxylic acid groups (broad SMARTS) is 1. The maximum Gasteiger partial charge on any atom is 0.320 e. The van der Waals surface area contributed by atoms with Gasteiger partial charge in [0.15, 0.2) is 0 Å². The Labute approximate surface area is 65.3 Å². The van der Waals surface area contributed by atoms with Crippen LogP contribution < -0.4 is 5.73 Å². The molecular weight excluding hydrogens is 146 g/mol. The van der Waals surface area contributed by atoms with Crippen LogP contribution in [0.15, 0.2) is 0 Å². The highest BCUT2D eigenvalue weighted by Gasteiger charge is 2.36. The summed E-state index contributed by atoms with van der Waals surface area (Å²) in [6, 6.07) is -0.746. The van der Waals surface area contributed by atoms with E-state index in [1.165, 1.54) is 0 Å². The Kier molecular flexibility index (Phi) is 2.15. The molecule has 1 aliphatic rings. The van der Waals surface area contributed by atoms with Crippen molar-refractivity contribution in [2.75, 3.05) is 13.2 Å². The van der Waals surface area contributed by atoms with Crippen LogP contribution in [0.25, 0.3) is 0 Å². The fourth-order valence-corrected chi connectivity index (χ4v) is 1.19. The van der Waals surface area contributed by atoms with Crippen LogP contribution in [0.5, 0.6) is 0 Å². The van der Waals surface area contributed by atoms with E-state index in [2.05, 4.69) is 0 Å². The molecule has 4 heteroatoms. The Morgan fingerprint density at radius 3 is 2.64 bits per heavy atom. The van der Waals surface area contributed by atoms with Crippen LogP contribution in [0.4, 0.5) is 0 Å². The molecule has 0 spiro atoms. The second-order valence-electron chi connectivity index (χ2n) is 3.45. The number of ether oxygens (including phenoxy) is 1. The van der Waals surface area contributed by atoms with Crippen LogP contribution in [0.3, 0.4) is 0 Å². The maximum absolute atomic E-state index is 10.4. The van der Waals surface area contributed by atoms with Crippen molar-refractivity contribution in [3.63, 3.8) is 0 Å².